The molecule has 2 heterocycles. The molecule has 7 heteroatoms. The van der Waals surface area contributed by atoms with Crippen molar-refractivity contribution in [1.82, 2.24) is 5.32 Å². The van der Waals surface area contributed by atoms with Gasteiger partial charge in [0.2, 0.25) is 0 Å². The predicted molar refractivity (Wildman–Crippen MR) is 105 cm³/mol. The molecule has 1 atom stereocenters. The first-order valence-corrected chi connectivity index (χ1v) is 9.95. The summed E-state index contributed by atoms with van der Waals surface area (Å²) in [5.41, 5.74) is 4.28. The highest BCUT2D eigenvalue weighted by Crippen LogP contribution is 2.50. The Morgan fingerprint density at radius 1 is 1.30 bits per heavy atom. The number of nitro groups is 1. The number of carbonyl (C=O) groups excluding carboxylic acids is 1. The van der Waals surface area contributed by atoms with E-state index in [1.165, 1.54) is 19.1 Å². The van der Waals surface area contributed by atoms with Gasteiger partial charge in [0.15, 0.2) is 5.78 Å². The first-order valence-electron chi connectivity index (χ1n) is 8.97. The minimum atomic E-state index is -0.380. The number of Topliss-reactive ketones (excluding diaryl/α,β-unsaturated/α-hetero) is 1. The van der Waals surface area contributed by atoms with Gasteiger partial charge in [-0.05, 0) is 37.0 Å². The smallest absolute Gasteiger partial charge is 0.277 e. The maximum atomic E-state index is 12.7. The molecule has 1 N–H and O–H groups in total. The second kappa shape index (κ2) is 7.23. The number of ketones is 1. The fourth-order valence-corrected chi connectivity index (χ4v) is 5.27. The number of nitrogens with one attached hydrogen (secondary N) is 1. The summed E-state index contributed by atoms with van der Waals surface area (Å²) in [4.78, 5) is 25.1. The van der Waals surface area contributed by atoms with Crippen LogP contribution in [0.3, 0.4) is 0 Å². The fourth-order valence-electron chi connectivity index (χ4n) is 4.00. The Morgan fingerprint density at radius 3 is 2.93 bits per heavy atom. The lowest BCUT2D eigenvalue weighted by molar-refractivity contribution is -0.385. The summed E-state index contributed by atoms with van der Waals surface area (Å²) in [6.07, 6.45) is 6.20. The zero-order valence-corrected chi connectivity index (χ0v) is 15.8. The third-order valence-corrected chi connectivity index (χ3v) is 6.39. The van der Waals surface area contributed by atoms with Gasteiger partial charge in [0, 0.05) is 46.0 Å². The number of thioether (sulfide) groups is 1. The molecule has 0 spiro atoms. The summed E-state index contributed by atoms with van der Waals surface area (Å²) in [5.74, 6) is 0.925. The molecule has 0 saturated carbocycles. The summed E-state index contributed by atoms with van der Waals surface area (Å²) in [6.45, 7) is 0. The molecule has 27 heavy (non-hydrogen) atoms. The van der Waals surface area contributed by atoms with Crippen molar-refractivity contribution in [2.45, 2.75) is 31.6 Å². The van der Waals surface area contributed by atoms with Gasteiger partial charge in [-0.15, -0.1) is 11.8 Å². The monoisotopic (exact) mass is 384 g/mol. The summed E-state index contributed by atoms with van der Waals surface area (Å²) in [7, 11) is 1.50. The molecule has 1 aliphatic carbocycles. The van der Waals surface area contributed by atoms with Crippen molar-refractivity contribution in [3.63, 3.8) is 0 Å². The van der Waals surface area contributed by atoms with E-state index in [0.29, 0.717) is 12.0 Å². The molecule has 1 unspecified atom stereocenters. The van der Waals surface area contributed by atoms with Crippen molar-refractivity contribution >= 4 is 29.3 Å². The minimum Gasteiger partial charge on any atom is -0.504 e. The number of hydrogen-bond donors (Lipinski definition) is 1. The van der Waals surface area contributed by atoms with Crippen molar-refractivity contribution < 1.29 is 14.5 Å². The number of benzene rings is 1. The number of dihydropyridines is 1. The van der Waals surface area contributed by atoms with Gasteiger partial charge in [0.25, 0.3) is 5.69 Å². The Bertz CT molecular complexity index is 917. The standard InChI is InChI=1S/C20H20N2O4S/c1-26-9-7-12-5-6-13(11-16(12)22(24)25)18-19-14(3-2-4-17(19)23)21-15-8-10-27-20(15)18/h5-7,9,11,18,21H,2-4,8,10H2,1H3. The van der Waals surface area contributed by atoms with Gasteiger partial charge in [-0.1, -0.05) is 6.07 Å². The maximum Gasteiger partial charge on any atom is 0.277 e. The van der Waals surface area contributed by atoms with E-state index in [1.807, 2.05) is 6.07 Å². The molecular weight excluding hydrogens is 364 g/mol. The number of carbonyl (C=O) groups is 1. The van der Waals surface area contributed by atoms with E-state index in [4.69, 9.17) is 4.74 Å². The molecule has 0 amide bonds. The van der Waals surface area contributed by atoms with Crippen molar-refractivity contribution in [3.05, 3.63) is 67.6 Å². The van der Waals surface area contributed by atoms with Gasteiger partial charge >= 0.3 is 0 Å². The molecule has 3 aliphatic rings. The van der Waals surface area contributed by atoms with E-state index in [1.54, 1.807) is 30.0 Å². The summed E-state index contributed by atoms with van der Waals surface area (Å²) in [5, 5.41) is 15.1. The molecule has 0 radical (unpaired) electrons. The van der Waals surface area contributed by atoms with Crippen LogP contribution in [0.25, 0.3) is 6.08 Å². The van der Waals surface area contributed by atoms with Gasteiger partial charge in [-0.3, -0.25) is 14.9 Å². The molecule has 1 aromatic rings. The second-order valence-corrected chi connectivity index (χ2v) is 7.92. The van der Waals surface area contributed by atoms with Crippen molar-refractivity contribution in [1.29, 1.82) is 0 Å². The molecular formula is C20H20N2O4S. The first-order chi connectivity index (χ1) is 13.1. The quantitative estimate of drug-likeness (QED) is 0.475. The van der Waals surface area contributed by atoms with Crippen LogP contribution in [0.15, 0.2) is 46.3 Å². The van der Waals surface area contributed by atoms with Crippen molar-refractivity contribution in [2.75, 3.05) is 12.9 Å². The van der Waals surface area contributed by atoms with Gasteiger partial charge in [-0.25, -0.2) is 0 Å². The zero-order valence-electron chi connectivity index (χ0n) is 15.0. The second-order valence-electron chi connectivity index (χ2n) is 6.78. The molecule has 0 aromatic heterocycles. The SMILES string of the molecule is COC=Cc1ccc(C2C3=C(CCS3)NC3=C2C(=O)CCC3)cc1[N+](=O)[O-]. The van der Waals surface area contributed by atoms with E-state index < -0.39 is 0 Å². The molecule has 140 valence electrons. The molecule has 0 bridgehead atoms. The number of nitro benzene ring substituents is 1. The van der Waals surface area contributed by atoms with Crippen LogP contribution in [-0.4, -0.2) is 23.6 Å². The molecule has 0 saturated heterocycles. The van der Waals surface area contributed by atoms with Crippen LogP contribution in [0, 0.1) is 10.1 Å². The fraction of sp³-hybridized carbons (Fsp3) is 0.350. The third-order valence-electron chi connectivity index (χ3n) is 5.18. The number of rotatable bonds is 4. The van der Waals surface area contributed by atoms with E-state index >= 15 is 0 Å². The largest absolute Gasteiger partial charge is 0.504 e. The normalized spacial score (nSPS) is 22.0. The lowest BCUT2D eigenvalue weighted by Crippen LogP contribution is -2.30. The van der Waals surface area contributed by atoms with Gasteiger partial charge < -0.3 is 10.1 Å². The number of allylic oxidation sites excluding steroid dienone is 4. The van der Waals surface area contributed by atoms with Crippen molar-refractivity contribution in [3.8, 4) is 0 Å². The Hall–Kier alpha value is -2.54. The highest BCUT2D eigenvalue weighted by Gasteiger charge is 2.39. The Kier molecular flexibility index (Phi) is 4.78. The molecule has 1 aromatic carbocycles. The van der Waals surface area contributed by atoms with Crippen LogP contribution in [0.2, 0.25) is 0 Å². The lowest BCUT2D eigenvalue weighted by Gasteiger charge is -2.33. The highest BCUT2D eigenvalue weighted by molar-refractivity contribution is 8.03. The number of ether oxygens (including phenoxy) is 1. The Morgan fingerprint density at radius 2 is 2.15 bits per heavy atom. The highest BCUT2D eigenvalue weighted by atomic mass is 32.2. The van der Waals surface area contributed by atoms with Crippen LogP contribution >= 0.6 is 11.8 Å². The van der Waals surface area contributed by atoms with E-state index in [9.17, 15) is 14.9 Å². The number of nitrogens with zero attached hydrogens (tertiary/aromatic N) is 1. The van der Waals surface area contributed by atoms with Gasteiger partial charge in [0.1, 0.15) is 0 Å². The van der Waals surface area contributed by atoms with Crippen LogP contribution < -0.4 is 5.32 Å². The molecule has 4 rings (SSSR count). The minimum absolute atomic E-state index is 0.0230. The number of methoxy groups -OCH3 is 1. The maximum absolute atomic E-state index is 12.7. The summed E-state index contributed by atoms with van der Waals surface area (Å²) in [6, 6.07) is 5.24. The van der Waals surface area contributed by atoms with Gasteiger partial charge in [-0.2, -0.15) is 0 Å². The number of hydrogen-bond acceptors (Lipinski definition) is 6. The van der Waals surface area contributed by atoms with Crippen LogP contribution in [0.4, 0.5) is 5.69 Å². The van der Waals surface area contributed by atoms with E-state index in [-0.39, 0.29) is 22.3 Å². The van der Waals surface area contributed by atoms with Crippen LogP contribution in [0.5, 0.6) is 0 Å². The van der Waals surface area contributed by atoms with E-state index in [0.717, 1.165) is 46.8 Å². The average molecular weight is 384 g/mol. The van der Waals surface area contributed by atoms with E-state index in [2.05, 4.69) is 5.32 Å². The zero-order chi connectivity index (χ0) is 19.0. The van der Waals surface area contributed by atoms with Crippen LogP contribution in [0.1, 0.15) is 42.7 Å². The van der Waals surface area contributed by atoms with Gasteiger partial charge in [0.05, 0.1) is 23.9 Å². The molecule has 0 fully saturated rings. The van der Waals surface area contributed by atoms with Crippen molar-refractivity contribution in [2.24, 2.45) is 0 Å². The predicted octanol–water partition coefficient (Wildman–Crippen LogP) is 4.25. The van der Waals surface area contributed by atoms with Crippen LogP contribution in [-0.2, 0) is 9.53 Å². The Balaban J connectivity index is 1.84. The topological polar surface area (TPSA) is 81.5 Å². The lowest BCUT2D eigenvalue weighted by atomic mass is 9.79. The molecule has 6 nitrogen and oxygen atoms in total. The first kappa shape index (κ1) is 17.9. The summed E-state index contributed by atoms with van der Waals surface area (Å²) < 4.78 is 4.89. The third kappa shape index (κ3) is 3.16. The average Bonchev–Trinajstić information content (AvgIpc) is 3.13. The summed E-state index contributed by atoms with van der Waals surface area (Å²) >= 11 is 1.75. The Labute approximate surface area is 161 Å². The molecule has 2 aliphatic heterocycles.